The maximum absolute atomic E-state index is 6.04. The lowest BCUT2D eigenvalue weighted by Gasteiger charge is -2.28. The van der Waals surface area contributed by atoms with E-state index in [1.807, 2.05) is 17.8 Å². The third kappa shape index (κ3) is 20.6. The van der Waals surface area contributed by atoms with Gasteiger partial charge in [-0.2, -0.15) is 11.8 Å². The molecule has 7 heteroatoms. The molecule has 1 aromatic rings. The number of likely N-dealkylation sites (tertiary alicyclic amines) is 1. The van der Waals surface area contributed by atoms with Crippen molar-refractivity contribution in [1.82, 2.24) is 9.97 Å². The normalized spacial score (nSPS) is 15.4. The van der Waals surface area contributed by atoms with Crippen molar-refractivity contribution >= 4 is 11.8 Å². The summed E-state index contributed by atoms with van der Waals surface area (Å²) in [6.45, 7) is 9.07. The van der Waals surface area contributed by atoms with Gasteiger partial charge in [0.15, 0.2) is 0 Å². The van der Waals surface area contributed by atoms with Gasteiger partial charge in [-0.05, 0) is 12.5 Å². The third-order valence-corrected chi connectivity index (χ3v) is 9.42. The van der Waals surface area contributed by atoms with Crippen LogP contribution in [0.15, 0.2) is 18.5 Å². The van der Waals surface area contributed by atoms with Gasteiger partial charge < -0.3 is 18.7 Å². The van der Waals surface area contributed by atoms with Crippen molar-refractivity contribution in [1.29, 1.82) is 0 Å². The van der Waals surface area contributed by atoms with Gasteiger partial charge in [-0.25, -0.2) is 9.97 Å². The number of quaternary nitrogens is 1. The molecule has 0 aromatic carbocycles. The zero-order valence-electron chi connectivity index (χ0n) is 26.9. The van der Waals surface area contributed by atoms with E-state index in [4.69, 9.17) is 14.2 Å². The van der Waals surface area contributed by atoms with Crippen LogP contribution >= 0.6 is 11.8 Å². The highest BCUT2D eigenvalue weighted by molar-refractivity contribution is 7.99. The molecule has 0 spiro atoms. The van der Waals surface area contributed by atoms with Gasteiger partial charge in [-0.1, -0.05) is 103 Å². The molecule has 41 heavy (non-hydrogen) atoms. The minimum Gasteiger partial charge on any atom is -0.457 e. The molecule has 1 aliphatic heterocycles. The van der Waals surface area contributed by atoms with Gasteiger partial charge in [-0.15, -0.1) is 0 Å². The predicted molar refractivity (Wildman–Crippen MR) is 175 cm³/mol. The molecular weight excluding hydrogens is 530 g/mol. The van der Waals surface area contributed by atoms with Gasteiger partial charge in [0.25, 0.3) is 0 Å². The first kappa shape index (κ1) is 36.3. The second-order valence-electron chi connectivity index (χ2n) is 12.3. The summed E-state index contributed by atoms with van der Waals surface area (Å²) < 4.78 is 19.2. The highest BCUT2D eigenvalue weighted by atomic mass is 32.2. The van der Waals surface area contributed by atoms with Crippen molar-refractivity contribution in [3.05, 3.63) is 18.5 Å². The summed E-state index contributed by atoms with van der Waals surface area (Å²) in [5.74, 6) is 1.83. The maximum Gasteiger partial charge on any atom is 0.316 e. The van der Waals surface area contributed by atoms with E-state index >= 15 is 0 Å². The molecule has 0 N–H and O–H groups in total. The smallest absolute Gasteiger partial charge is 0.316 e. The van der Waals surface area contributed by atoms with E-state index < -0.39 is 0 Å². The molecule has 1 fully saturated rings. The Morgan fingerprint density at radius 3 is 1.88 bits per heavy atom. The SMILES string of the molecule is CCCCCCCCCCCCCCCCCCOCC(CSCCOCC[N+]1(C)CCCC1)Oc1ncccn1. The van der Waals surface area contributed by atoms with Gasteiger partial charge in [-0.3, -0.25) is 0 Å². The molecule has 6 nitrogen and oxygen atoms in total. The van der Waals surface area contributed by atoms with Gasteiger partial charge in [0.2, 0.25) is 0 Å². The van der Waals surface area contributed by atoms with Crippen LogP contribution in [0.5, 0.6) is 6.01 Å². The number of ether oxygens (including phenoxy) is 3. The first-order valence-corrected chi connectivity index (χ1v) is 18.4. The largest absolute Gasteiger partial charge is 0.457 e. The lowest BCUT2D eigenvalue weighted by molar-refractivity contribution is -0.898. The van der Waals surface area contributed by atoms with Gasteiger partial charge in [0.1, 0.15) is 12.6 Å². The van der Waals surface area contributed by atoms with Crippen LogP contribution in [0.1, 0.15) is 122 Å². The summed E-state index contributed by atoms with van der Waals surface area (Å²) in [6.07, 6.45) is 28.3. The molecule has 238 valence electrons. The lowest BCUT2D eigenvalue weighted by atomic mass is 10.0. The molecule has 0 radical (unpaired) electrons. The second-order valence-corrected chi connectivity index (χ2v) is 13.5. The van der Waals surface area contributed by atoms with Crippen molar-refractivity contribution in [2.75, 3.05) is 64.6 Å². The maximum atomic E-state index is 6.04. The average molecular weight is 595 g/mol. The first-order chi connectivity index (χ1) is 20.2. The molecule has 0 bridgehead atoms. The first-order valence-electron chi connectivity index (χ1n) is 17.2. The number of rotatable bonds is 29. The van der Waals surface area contributed by atoms with Crippen molar-refractivity contribution in [2.45, 2.75) is 129 Å². The number of hydrogen-bond acceptors (Lipinski definition) is 6. The quantitative estimate of drug-likeness (QED) is 0.0685. The third-order valence-electron chi connectivity index (χ3n) is 8.36. The fraction of sp³-hybridized carbons (Fsp3) is 0.882. The van der Waals surface area contributed by atoms with Crippen LogP contribution in [0.2, 0.25) is 0 Å². The number of likely N-dealkylation sites (N-methyl/N-ethyl adjacent to an activating group) is 1. The summed E-state index contributed by atoms with van der Waals surface area (Å²) >= 11 is 1.86. The Bertz CT molecular complexity index is 691. The molecule has 1 atom stereocenters. The lowest BCUT2D eigenvalue weighted by Crippen LogP contribution is -2.43. The number of thioether (sulfide) groups is 1. The molecule has 0 saturated carbocycles. The zero-order valence-corrected chi connectivity index (χ0v) is 27.7. The van der Waals surface area contributed by atoms with E-state index in [9.17, 15) is 0 Å². The molecule has 1 aromatic heterocycles. The van der Waals surface area contributed by atoms with Crippen LogP contribution in [-0.2, 0) is 9.47 Å². The van der Waals surface area contributed by atoms with Crippen molar-refractivity contribution in [2.24, 2.45) is 0 Å². The van der Waals surface area contributed by atoms with E-state index in [1.165, 1.54) is 127 Å². The summed E-state index contributed by atoms with van der Waals surface area (Å²) in [6, 6.07) is 2.25. The Morgan fingerprint density at radius 2 is 1.29 bits per heavy atom. The molecule has 1 aliphatic rings. The summed E-state index contributed by atoms with van der Waals surface area (Å²) in [4.78, 5) is 8.47. The van der Waals surface area contributed by atoms with E-state index in [2.05, 4.69) is 23.9 Å². The Balaban J connectivity index is 1.42. The van der Waals surface area contributed by atoms with Crippen LogP contribution in [0, 0.1) is 0 Å². The van der Waals surface area contributed by atoms with Gasteiger partial charge in [0.05, 0.1) is 40.0 Å². The highest BCUT2D eigenvalue weighted by Gasteiger charge is 2.26. The topological polar surface area (TPSA) is 53.5 Å². The average Bonchev–Trinajstić information content (AvgIpc) is 3.42. The Hall–Kier alpha value is -0.890. The molecule has 2 rings (SSSR count). The number of unbranched alkanes of at least 4 members (excludes halogenated alkanes) is 15. The molecule has 0 aliphatic carbocycles. The minimum atomic E-state index is -0.0440. The van der Waals surface area contributed by atoms with Crippen LogP contribution in [0.3, 0.4) is 0 Å². The van der Waals surface area contributed by atoms with E-state index in [0.717, 1.165) is 44.3 Å². The van der Waals surface area contributed by atoms with Crippen LogP contribution in [-0.4, -0.2) is 85.2 Å². The molecule has 1 saturated heterocycles. The Morgan fingerprint density at radius 1 is 0.732 bits per heavy atom. The Labute approximate surface area is 257 Å². The Kier molecular flexibility index (Phi) is 22.7. The van der Waals surface area contributed by atoms with Crippen molar-refractivity contribution in [3.63, 3.8) is 0 Å². The zero-order chi connectivity index (χ0) is 29.1. The summed E-state index contributed by atoms with van der Waals surface area (Å²) in [5, 5.41) is 0. The number of aromatic nitrogens is 2. The van der Waals surface area contributed by atoms with Crippen LogP contribution < -0.4 is 4.74 Å². The van der Waals surface area contributed by atoms with Crippen LogP contribution in [0.25, 0.3) is 0 Å². The number of nitrogens with zero attached hydrogens (tertiary/aromatic N) is 3. The molecule has 2 heterocycles. The molecular formula is C34H64N3O3S+. The molecule has 1 unspecified atom stereocenters. The minimum absolute atomic E-state index is 0.0440. The fourth-order valence-corrected chi connectivity index (χ4v) is 6.45. The summed E-state index contributed by atoms with van der Waals surface area (Å²) in [5.41, 5.74) is 0. The van der Waals surface area contributed by atoms with Crippen molar-refractivity contribution < 1.29 is 18.7 Å². The number of hydrogen-bond donors (Lipinski definition) is 0. The summed E-state index contributed by atoms with van der Waals surface area (Å²) in [7, 11) is 2.36. The van der Waals surface area contributed by atoms with E-state index in [0.29, 0.717) is 12.6 Å². The second kappa shape index (κ2) is 25.6. The van der Waals surface area contributed by atoms with Crippen molar-refractivity contribution in [3.8, 4) is 6.01 Å². The highest BCUT2D eigenvalue weighted by Crippen LogP contribution is 2.16. The van der Waals surface area contributed by atoms with Gasteiger partial charge >= 0.3 is 6.01 Å². The molecule has 0 amide bonds. The van der Waals surface area contributed by atoms with E-state index in [1.54, 1.807) is 12.4 Å². The van der Waals surface area contributed by atoms with E-state index in [-0.39, 0.29) is 6.10 Å². The fourth-order valence-electron chi connectivity index (χ4n) is 5.62. The standard InChI is InChI=1S/C34H64N3O3S/c1-3-4-5-6-7-8-9-10-11-12-13-14-15-16-17-20-27-39-31-33(40-34-35-22-21-23-36-34)32-41-30-29-38-28-26-37(2)24-18-19-25-37/h21-23,33H,3-20,24-32H2,1-2H3/q+1. The monoisotopic (exact) mass is 594 g/mol. The van der Waals surface area contributed by atoms with Crippen LogP contribution in [0.4, 0.5) is 0 Å². The van der Waals surface area contributed by atoms with Gasteiger partial charge in [0, 0.05) is 43.3 Å². The predicted octanol–water partition coefficient (Wildman–Crippen LogP) is 8.49.